The molecular formula is C14H24IN3O3. The van der Waals surface area contributed by atoms with Crippen LogP contribution in [-0.4, -0.2) is 38.4 Å². The number of aromatic hydroxyl groups is 1. The Labute approximate surface area is 143 Å². The van der Waals surface area contributed by atoms with Crippen LogP contribution in [0.4, 0.5) is 0 Å². The maximum atomic E-state index is 9.85. The third kappa shape index (κ3) is 5.86. The molecule has 0 fully saturated rings. The van der Waals surface area contributed by atoms with Crippen LogP contribution in [-0.2, 0) is 6.54 Å². The minimum atomic E-state index is 0. The van der Waals surface area contributed by atoms with Crippen molar-refractivity contribution in [3.63, 3.8) is 0 Å². The van der Waals surface area contributed by atoms with E-state index in [1.807, 2.05) is 13.8 Å². The fraction of sp³-hybridized carbons (Fsp3) is 0.500. The van der Waals surface area contributed by atoms with Gasteiger partial charge in [0.25, 0.3) is 0 Å². The van der Waals surface area contributed by atoms with Crippen LogP contribution in [0.25, 0.3) is 0 Å². The second kappa shape index (κ2) is 10.4. The summed E-state index contributed by atoms with van der Waals surface area (Å²) < 4.78 is 10.2. The van der Waals surface area contributed by atoms with Gasteiger partial charge < -0.3 is 25.2 Å². The molecule has 0 unspecified atom stereocenters. The molecule has 7 heteroatoms. The molecule has 1 aromatic carbocycles. The first-order valence-corrected chi connectivity index (χ1v) is 6.62. The molecule has 0 heterocycles. The van der Waals surface area contributed by atoms with Crippen LogP contribution in [0.5, 0.6) is 17.2 Å². The maximum Gasteiger partial charge on any atom is 0.200 e. The van der Waals surface area contributed by atoms with Crippen molar-refractivity contribution in [2.24, 2.45) is 4.99 Å². The van der Waals surface area contributed by atoms with Crippen LogP contribution in [0.15, 0.2) is 17.1 Å². The second-order valence-electron chi connectivity index (χ2n) is 4.07. The summed E-state index contributed by atoms with van der Waals surface area (Å²) in [5.41, 5.74) is 0.893. The summed E-state index contributed by atoms with van der Waals surface area (Å²) in [5.74, 6) is 1.51. The van der Waals surface area contributed by atoms with Crippen LogP contribution < -0.4 is 20.1 Å². The summed E-state index contributed by atoms with van der Waals surface area (Å²) in [6.07, 6.45) is 0. The number of phenols is 1. The van der Waals surface area contributed by atoms with Crippen LogP contribution in [0.2, 0.25) is 0 Å². The molecule has 0 aliphatic carbocycles. The molecule has 1 rings (SSSR count). The lowest BCUT2D eigenvalue weighted by atomic mass is 10.2. The normalized spacial score (nSPS) is 9.33. The SMILES string of the molecule is CCNC(=NCc1cc(OC)c(O)c(OC)c1)NCC.I. The Bertz CT molecular complexity index is 434. The zero-order valence-corrected chi connectivity index (χ0v) is 15.2. The van der Waals surface area contributed by atoms with E-state index in [9.17, 15) is 5.11 Å². The van der Waals surface area contributed by atoms with E-state index in [1.165, 1.54) is 14.2 Å². The zero-order chi connectivity index (χ0) is 15.0. The largest absolute Gasteiger partial charge is 0.502 e. The molecule has 3 N–H and O–H groups in total. The molecule has 21 heavy (non-hydrogen) atoms. The smallest absolute Gasteiger partial charge is 0.200 e. The highest BCUT2D eigenvalue weighted by Gasteiger charge is 2.11. The zero-order valence-electron chi connectivity index (χ0n) is 12.9. The summed E-state index contributed by atoms with van der Waals surface area (Å²) in [6.45, 7) is 6.09. The minimum Gasteiger partial charge on any atom is -0.502 e. The number of nitrogens with one attached hydrogen (secondary N) is 2. The lowest BCUT2D eigenvalue weighted by Gasteiger charge is -2.12. The van der Waals surface area contributed by atoms with Gasteiger partial charge in [0.05, 0.1) is 20.8 Å². The Hall–Kier alpha value is -1.38. The first-order valence-electron chi connectivity index (χ1n) is 6.62. The quantitative estimate of drug-likeness (QED) is 0.381. The van der Waals surface area contributed by atoms with E-state index in [1.54, 1.807) is 12.1 Å². The average Bonchev–Trinajstić information content (AvgIpc) is 2.46. The molecule has 0 aromatic heterocycles. The van der Waals surface area contributed by atoms with Crippen LogP contribution in [0, 0.1) is 0 Å². The molecule has 1 aromatic rings. The van der Waals surface area contributed by atoms with E-state index < -0.39 is 0 Å². The number of hydrogen-bond donors (Lipinski definition) is 3. The van der Waals surface area contributed by atoms with Gasteiger partial charge in [0.2, 0.25) is 5.75 Å². The van der Waals surface area contributed by atoms with Crippen molar-refractivity contribution in [3.05, 3.63) is 17.7 Å². The first-order chi connectivity index (χ1) is 9.65. The predicted molar refractivity (Wildman–Crippen MR) is 95.1 cm³/mol. The molecule has 6 nitrogen and oxygen atoms in total. The van der Waals surface area contributed by atoms with Gasteiger partial charge in [0.1, 0.15) is 0 Å². The number of methoxy groups -OCH3 is 2. The van der Waals surface area contributed by atoms with Crippen molar-refractivity contribution in [3.8, 4) is 17.2 Å². The van der Waals surface area contributed by atoms with Crippen LogP contribution >= 0.6 is 24.0 Å². The molecule has 0 amide bonds. The fourth-order valence-corrected chi connectivity index (χ4v) is 1.72. The fourth-order valence-electron chi connectivity index (χ4n) is 1.72. The van der Waals surface area contributed by atoms with Gasteiger partial charge >= 0.3 is 0 Å². The number of rotatable bonds is 6. The number of ether oxygens (including phenoxy) is 2. The van der Waals surface area contributed by atoms with Gasteiger partial charge in [-0.25, -0.2) is 4.99 Å². The van der Waals surface area contributed by atoms with E-state index in [-0.39, 0.29) is 29.7 Å². The molecule has 0 atom stereocenters. The third-order valence-electron chi connectivity index (χ3n) is 2.65. The number of benzene rings is 1. The van der Waals surface area contributed by atoms with E-state index >= 15 is 0 Å². The van der Waals surface area contributed by atoms with Crippen LogP contribution in [0.3, 0.4) is 0 Å². The number of halogens is 1. The average molecular weight is 409 g/mol. The first kappa shape index (κ1) is 19.6. The number of hydrogen-bond acceptors (Lipinski definition) is 4. The number of guanidine groups is 1. The van der Waals surface area contributed by atoms with Crippen molar-refractivity contribution in [1.82, 2.24) is 10.6 Å². The van der Waals surface area contributed by atoms with Gasteiger partial charge in [-0.3, -0.25) is 0 Å². The third-order valence-corrected chi connectivity index (χ3v) is 2.65. The highest BCUT2D eigenvalue weighted by Crippen LogP contribution is 2.37. The van der Waals surface area contributed by atoms with Gasteiger partial charge in [0.15, 0.2) is 17.5 Å². The predicted octanol–water partition coefficient (Wildman–Crippen LogP) is 2.10. The summed E-state index contributed by atoms with van der Waals surface area (Å²) in [5, 5.41) is 16.1. The van der Waals surface area contributed by atoms with Crippen LogP contribution in [0.1, 0.15) is 19.4 Å². The number of aliphatic imine (C=N–C) groups is 1. The van der Waals surface area contributed by atoms with E-state index in [0.29, 0.717) is 18.0 Å². The summed E-state index contributed by atoms with van der Waals surface area (Å²) in [6, 6.07) is 3.49. The summed E-state index contributed by atoms with van der Waals surface area (Å²) in [7, 11) is 3.01. The lowest BCUT2D eigenvalue weighted by Crippen LogP contribution is -2.36. The van der Waals surface area contributed by atoms with Gasteiger partial charge in [-0.2, -0.15) is 0 Å². The summed E-state index contributed by atoms with van der Waals surface area (Å²) in [4.78, 5) is 4.46. The topological polar surface area (TPSA) is 75.1 Å². The highest BCUT2D eigenvalue weighted by atomic mass is 127. The Morgan fingerprint density at radius 1 is 1.10 bits per heavy atom. The second-order valence-corrected chi connectivity index (χ2v) is 4.07. The standard InChI is InChI=1S/C14H23N3O3.HI/c1-5-15-14(16-6-2)17-9-10-7-11(19-3)13(18)12(8-10)20-4;/h7-8,18H,5-6,9H2,1-4H3,(H2,15,16,17);1H. The van der Waals surface area contributed by atoms with Crippen molar-refractivity contribution < 1.29 is 14.6 Å². The molecule has 120 valence electrons. The Morgan fingerprint density at radius 3 is 1.95 bits per heavy atom. The van der Waals surface area contributed by atoms with Gasteiger partial charge in [-0.05, 0) is 31.5 Å². The summed E-state index contributed by atoms with van der Waals surface area (Å²) >= 11 is 0. The Balaban J connectivity index is 0.00000400. The lowest BCUT2D eigenvalue weighted by molar-refractivity contribution is 0.339. The monoisotopic (exact) mass is 409 g/mol. The Kier molecular flexibility index (Phi) is 9.68. The number of phenolic OH excluding ortho intramolecular Hbond substituents is 1. The Morgan fingerprint density at radius 2 is 1.57 bits per heavy atom. The van der Waals surface area contributed by atoms with E-state index in [0.717, 1.165) is 24.6 Å². The maximum absolute atomic E-state index is 9.85. The van der Waals surface area contributed by atoms with Crippen molar-refractivity contribution >= 4 is 29.9 Å². The minimum absolute atomic E-state index is 0. The van der Waals surface area contributed by atoms with Crippen molar-refractivity contribution in [2.45, 2.75) is 20.4 Å². The van der Waals surface area contributed by atoms with Crippen molar-refractivity contribution in [2.75, 3.05) is 27.3 Å². The molecule has 0 saturated heterocycles. The molecular weight excluding hydrogens is 385 g/mol. The molecule has 0 bridgehead atoms. The van der Waals surface area contributed by atoms with Gasteiger partial charge in [-0.15, -0.1) is 24.0 Å². The van der Waals surface area contributed by atoms with Gasteiger partial charge in [0, 0.05) is 13.1 Å². The molecule has 0 aliphatic rings. The number of nitrogens with zero attached hydrogens (tertiary/aromatic N) is 1. The molecule has 0 spiro atoms. The molecule has 0 radical (unpaired) electrons. The van der Waals surface area contributed by atoms with Crippen molar-refractivity contribution in [1.29, 1.82) is 0 Å². The van der Waals surface area contributed by atoms with E-state index in [4.69, 9.17) is 9.47 Å². The molecule has 0 saturated carbocycles. The highest BCUT2D eigenvalue weighted by molar-refractivity contribution is 14.0. The van der Waals surface area contributed by atoms with E-state index in [2.05, 4.69) is 15.6 Å². The molecule has 0 aliphatic heterocycles. The van der Waals surface area contributed by atoms with Gasteiger partial charge in [-0.1, -0.05) is 0 Å².